The number of hydrogen-bond donors (Lipinski definition) is 1. The summed E-state index contributed by atoms with van der Waals surface area (Å²) in [6.07, 6.45) is 0. The summed E-state index contributed by atoms with van der Waals surface area (Å²) in [5, 5.41) is 2.73. The zero-order chi connectivity index (χ0) is 21.3. The first-order valence-corrected chi connectivity index (χ1v) is 14.8. The van der Waals surface area contributed by atoms with Crippen LogP contribution in [-0.4, -0.2) is 29.8 Å². The van der Waals surface area contributed by atoms with E-state index in [-0.39, 0.29) is 0 Å². The lowest BCUT2D eigenvalue weighted by atomic mass is 10.3. The molecule has 0 radical (unpaired) electrons. The fourth-order valence-corrected chi connectivity index (χ4v) is 10.3. The molecule has 0 unspecified atom stereocenters. The van der Waals surface area contributed by atoms with Gasteiger partial charge in [0.05, 0.1) is 4.90 Å². The molecule has 0 amide bonds. The number of benzene rings is 3. The summed E-state index contributed by atoms with van der Waals surface area (Å²) in [7, 11) is -18.1. The van der Waals surface area contributed by atoms with Crippen molar-refractivity contribution in [3.05, 3.63) is 84.9 Å². The average molecular weight is 470 g/mol. The first-order valence-electron chi connectivity index (χ1n) is 8.03. The Morgan fingerprint density at radius 1 is 0.552 bits per heavy atom. The summed E-state index contributed by atoms with van der Waals surface area (Å²) < 4.78 is 78.6. The molecular formula is C18H15O7PS3. The molecule has 3 aromatic carbocycles. The highest BCUT2D eigenvalue weighted by Crippen LogP contribution is 2.33. The highest BCUT2D eigenvalue weighted by molar-refractivity contribution is 8.98. The minimum atomic E-state index is -5.86. The molecule has 11 heteroatoms. The van der Waals surface area contributed by atoms with E-state index in [4.69, 9.17) is 4.55 Å². The Hall–Kier alpha value is -2.10. The molecule has 0 atom stereocenters. The smallest absolute Gasteiger partial charge is 0.273 e. The summed E-state index contributed by atoms with van der Waals surface area (Å²) >= 11 is 0. The van der Waals surface area contributed by atoms with E-state index in [2.05, 4.69) is 0 Å². The minimum absolute atomic E-state index is 0.737. The molecule has 0 aliphatic heterocycles. The van der Waals surface area contributed by atoms with Crippen LogP contribution in [0.1, 0.15) is 0 Å². The molecule has 0 aliphatic carbocycles. The van der Waals surface area contributed by atoms with Gasteiger partial charge in [0.2, 0.25) is 0 Å². The Morgan fingerprint density at radius 2 is 0.931 bits per heavy atom. The molecule has 0 heterocycles. The predicted octanol–water partition coefficient (Wildman–Crippen LogP) is 1.35. The van der Waals surface area contributed by atoms with E-state index in [9.17, 15) is 25.3 Å². The Bertz CT molecular complexity index is 1280. The van der Waals surface area contributed by atoms with Gasteiger partial charge < -0.3 is 0 Å². The van der Waals surface area contributed by atoms with Gasteiger partial charge in [0, 0.05) is 0 Å². The van der Waals surface area contributed by atoms with Gasteiger partial charge in [0.15, 0.2) is 0 Å². The third-order valence-corrected chi connectivity index (χ3v) is 15.2. The van der Waals surface area contributed by atoms with Crippen LogP contribution in [0.2, 0.25) is 0 Å². The summed E-state index contributed by atoms with van der Waals surface area (Å²) in [5.74, 6) is 0. The normalized spacial score (nSPS) is 12.8. The second-order valence-corrected chi connectivity index (χ2v) is 16.9. The SMILES string of the molecule is O=S(=O)(O)S(=O)(=O)S(=O)(=O)c1ccc(P(c2ccccc2)c2ccccc2)cc1. The highest BCUT2D eigenvalue weighted by Gasteiger charge is 2.43. The van der Waals surface area contributed by atoms with Crippen LogP contribution in [0.4, 0.5) is 0 Å². The van der Waals surface area contributed by atoms with Gasteiger partial charge in [0.1, 0.15) is 0 Å². The molecule has 3 rings (SSSR count). The van der Waals surface area contributed by atoms with Gasteiger partial charge >= 0.3 is 17.1 Å². The molecule has 0 saturated carbocycles. The quantitative estimate of drug-likeness (QED) is 0.328. The maximum absolute atomic E-state index is 12.2. The summed E-state index contributed by atoms with van der Waals surface area (Å²) in [6, 6.07) is 23.9. The van der Waals surface area contributed by atoms with Gasteiger partial charge in [-0.2, -0.15) is 16.8 Å². The van der Waals surface area contributed by atoms with Crippen molar-refractivity contribution < 1.29 is 29.8 Å². The molecule has 0 saturated heterocycles. The van der Waals surface area contributed by atoms with Crippen molar-refractivity contribution in [1.82, 2.24) is 0 Å². The zero-order valence-corrected chi connectivity index (χ0v) is 18.0. The van der Waals surface area contributed by atoms with Crippen LogP contribution in [0, 0.1) is 0 Å². The molecule has 7 nitrogen and oxygen atoms in total. The van der Waals surface area contributed by atoms with Gasteiger partial charge in [-0.1, -0.05) is 72.8 Å². The third-order valence-electron chi connectivity index (χ3n) is 3.94. The van der Waals surface area contributed by atoms with Crippen LogP contribution in [-0.2, 0) is 25.9 Å². The Kier molecular flexibility index (Phi) is 5.93. The molecule has 0 aromatic heterocycles. The fourth-order valence-electron chi connectivity index (χ4n) is 2.59. The topological polar surface area (TPSA) is 123 Å². The van der Waals surface area contributed by atoms with Crippen molar-refractivity contribution in [3.63, 3.8) is 0 Å². The standard InChI is InChI=1S/C18H15O7PS3/c19-27(20,29(24,25)28(21,22)23)18-13-11-17(12-14-18)26(15-7-3-1-4-8-15)16-9-5-2-6-10-16/h1-14H,(H,21,22,23). The molecule has 0 bridgehead atoms. The van der Waals surface area contributed by atoms with Gasteiger partial charge in [-0.3, -0.25) is 4.55 Å². The van der Waals surface area contributed by atoms with Gasteiger partial charge in [-0.25, -0.2) is 8.42 Å². The first-order chi connectivity index (χ1) is 13.6. The molecule has 0 fully saturated rings. The Morgan fingerprint density at radius 3 is 1.31 bits per heavy atom. The second kappa shape index (κ2) is 7.97. The van der Waals surface area contributed by atoms with Gasteiger partial charge in [0.25, 0.3) is 8.87 Å². The highest BCUT2D eigenvalue weighted by atomic mass is 33.6. The molecule has 3 aromatic rings. The van der Waals surface area contributed by atoms with Gasteiger partial charge in [-0.05, 0) is 36.0 Å². The largest absolute Gasteiger partial charge is 0.387 e. The van der Waals surface area contributed by atoms with Crippen molar-refractivity contribution >= 4 is 49.8 Å². The Balaban J connectivity index is 2.10. The molecular weight excluding hydrogens is 455 g/mol. The fraction of sp³-hybridized carbons (Fsp3) is 0. The van der Waals surface area contributed by atoms with E-state index in [1.54, 1.807) is 0 Å². The van der Waals surface area contributed by atoms with Gasteiger partial charge in [-0.15, -0.1) is 0 Å². The predicted molar refractivity (Wildman–Crippen MR) is 113 cm³/mol. The van der Waals surface area contributed by atoms with E-state index in [1.165, 1.54) is 12.1 Å². The Labute approximate surface area is 169 Å². The van der Waals surface area contributed by atoms with Crippen LogP contribution in [0.15, 0.2) is 89.8 Å². The summed E-state index contributed by atoms with van der Waals surface area (Å²) in [6.45, 7) is 0. The summed E-state index contributed by atoms with van der Waals surface area (Å²) in [4.78, 5) is -0.741. The van der Waals surface area contributed by atoms with Crippen molar-refractivity contribution in [3.8, 4) is 0 Å². The van der Waals surface area contributed by atoms with Crippen LogP contribution in [0.5, 0.6) is 0 Å². The van der Waals surface area contributed by atoms with Crippen molar-refractivity contribution in [2.24, 2.45) is 0 Å². The van der Waals surface area contributed by atoms with Crippen LogP contribution >= 0.6 is 7.92 Å². The monoisotopic (exact) mass is 470 g/mol. The van der Waals surface area contributed by atoms with E-state index in [0.29, 0.717) is 0 Å². The number of rotatable bonds is 6. The minimum Gasteiger partial charge on any atom is -0.273 e. The van der Waals surface area contributed by atoms with E-state index in [0.717, 1.165) is 28.0 Å². The van der Waals surface area contributed by atoms with Crippen LogP contribution < -0.4 is 15.9 Å². The van der Waals surface area contributed by atoms with Crippen LogP contribution in [0.25, 0.3) is 0 Å². The van der Waals surface area contributed by atoms with E-state index >= 15 is 0 Å². The van der Waals surface area contributed by atoms with Crippen molar-refractivity contribution in [2.75, 3.05) is 0 Å². The molecule has 0 aliphatic rings. The lowest BCUT2D eigenvalue weighted by Crippen LogP contribution is -2.25. The average Bonchev–Trinajstić information content (AvgIpc) is 2.69. The summed E-state index contributed by atoms with van der Waals surface area (Å²) in [5.41, 5.74) is 0. The zero-order valence-electron chi connectivity index (χ0n) is 14.7. The van der Waals surface area contributed by atoms with Crippen molar-refractivity contribution in [2.45, 2.75) is 4.90 Å². The maximum Gasteiger partial charge on any atom is 0.387 e. The molecule has 0 spiro atoms. The molecule has 29 heavy (non-hydrogen) atoms. The lowest BCUT2D eigenvalue weighted by molar-refractivity contribution is 0.494. The first kappa shape index (κ1) is 21.6. The molecule has 1 N–H and O–H groups in total. The van der Waals surface area contributed by atoms with E-state index < -0.39 is 38.7 Å². The lowest BCUT2D eigenvalue weighted by Gasteiger charge is -2.19. The third kappa shape index (κ3) is 4.12. The number of hydrogen-bond acceptors (Lipinski definition) is 6. The van der Waals surface area contributed by atoms with Crippen molar-refractivity contribution in [1.29, 1.82) is 0 Å². The second-order valence-electron chi connectivity index (χ2n) is 5.79. The molecule has 152 valence electrons. The van der Waals surface area contributed by atoms with Crippen LogP contribution in [0.3, 0.4) is 0 Å². The maximum atomic E-state index is 12.2. The van der Waals surface area contributed by atoms with E-state index in [1.807, 2.05) is 60.7 Å².